The predicted octanol–water partition coefficient (Wildman–Crippen LogP) is 2.40. The van der Waals surface area contributed by atoms with Crippen molar-refractivity contribution in [2.45, 2.75) is 12.2 Å². The molecule has 0 amide bonds. The van der Waals surface area contributed by atoms with Crippen LogP contribution in [0.2, 0.25) is 0 Å². The minimum Gasteiger partial charge on any atom is -0.494 e. The summed E-state index contributed by atoms with van der Waals surface area (Å²) in [5.74, 6) is -0.983. The standard InChI is InChI=1S/C9H9F4NO/c1-15-7-3-2-5(4-6(7)10)8(14)9(11,12)13/h2-4,8H,14H2,1H3. The summed E-state index contributed by atoms with van der Waals surface area (Å²) < 4.78 is 54.1. The van der Waals surface area contributed by atoms with Crippen LogP contribution >= 0.6 is 0 Å². The normalized spacial score (nSPS) is 13.7. The van der Waals surface area contributed by atoms with E-state index in [4.69, 9.17) is 5.73 Å². The molecular formula is C9H9F4NO. The topological polar surface area (TPSA) is 35.2 Å². The van der Waals surface area contributed by atoms with Crippen LogP contribution < -0.4 is 10.5 Å². The van der Waals surface area contributed by atoms with Crippen molar-refractivity contribution in [1.29, 1.82) is 0 Å². The number of alkyl halides is 3. The average Bonchev–Trinajstić information content (AvgIpc) is 2.15. The first kappa shape index (κ1) is 11.8. The van der Waals surface area contributed by atoms with Crippen molar-refractivity contribution >= 4 is 0 Å². The highest BCUT2D eigenvalue weighted by Crippen LogP contribution is 2.32. The molecule has 1 aromatic rings. The maximum Gasteiger partial charge on any atom is 0.407 e. The summed E-state index contributed by atoms with van der Waals surface area (Å²) in [6, 6.07) is 0.728. The number of hydrogen-bond acceptors (Lipinski definition) is 2. The van der Waals surface area contributed by atoms with Crippen molar-refractivity contribution in [1.82, 2.24) is 0 Å². The number of halogens is 4. The first-order valence-electron chi connectivity index (χ1n) is 4.02. The third-order valence-electron chi connectivity index (χ3n) is 1.89. The molecule has 0 aliphatic rings. The van der Waals surface area contributed by atoms with Gasteiger partial charge in [-0.15, -0.1) is 0 Å². The zero-order valence-electron chi connectivity index (χ0n) is 7.81. The highest BCUT2D eigenvalue weighted by atomic mass is 19.4. The molecule has 6 heteroatoms. The minimum atomic E-state index is -4.58. The summed E-state index contributed by atoms with van der Waals surface area (Å²) in [4.78, 5) is 0. The Morgan fingerprint density at radius 3 is 2.33 bits per heavy atom. The molecular weight excluding hydrogens is 214 g/mol. The van der Waals surface area contributed by atoms with Crippen molar-refractivity contribution in [2.75, 3.05) is 7.11 Å². The fraction of sp³-hybridized carbons (Fsp3) is 0.333. The van der Waals surface area contributed by atoms with Gasteiger partial charge in [-0.25, -0.2) is 4.39 Å². The molecule has 0 aliphatic carbocycles. The van der Waals surface area contributed by atoms with Crippen molar-refractivity contribution in [2.24, 2.45) is 5.73 Å². The van der Waals surface area contributed by atoms with E-state index in [2.05, 4.69) is 4.74 Å². The van der Waals surface area contributed by atoms with Crippen LogP contribution in [0.15, 0.2) is 18.2 Å². The van der Waals surface area contributed by atoms with E-state index < -0.39 is 18.0 Å². The molecule has 0 spiro atoms. The molecule has 0 heterocycles. The van der Waals surface area contributed by atoms with Crippen molar-refractivity contribution in [3.05, 3.63) is 29.6 Å². The molecule has 1 aromatic carbocycles. The van der Waals surface area contributed by atoms with Gasteiger partial charge in [0.05, 0.1) is 7.11 Å². The van der Waals surface area contributed by atoms with Gasteiger partial charge in [-0.3, -0.25) is 0 Å². The van der Waals surface area contributed by atoms with Crippen LogP contribution in [-0.2, 0) is 0 Å². The molecule has 0 aliphatic heterocycles. The summed E-state index contributed by atoms with van der Waals surface area (Å²) in [5, 5.41) is 0. The Hall–Kier alpha value is -1.30. The molecule has 2 N–H and O–H groups in total. The van der Waals surface area contributed by atoms with E-state index >= 15 is 0 Å². The van der Waals surface area contributed by atoms with E-state index in [1.54, 1.807) is 0 Å². The lowest BCUT2D eigenvalue weighted by atomic mass is 10.1. The van der Waals surface area contributed by atoms with Crippen molar-refractivity contribution < 1.29 is 22.3 Å². The Kier molecular flexibility index (Phi) is 3.18. The smallest absolute Gasteiger partial charge is 0.407 e. The third kappa shape index (κ3) is 2.59. The molecule has 0 bridgehead atoms. The van der Waals surface area contributed by atoms with E-state index in [-0.39, 0.29) is 11.3 Å². The number of hydrogen-bond donors (Lipinski definition) is 1. The summed E-state index contributed by atoms with van der Waals surface area (Å²) >= 11 is 0. The van der Waals surface area contributed by atoms with Crippen LogP contribution in [0.1, 0.15) is 11.6 Å². The molecule has 1 unspecified atom stereocenters. The summed E-state index contributed by atoms with van der Waals surface area (Å²) in [6.07, 6.45) is -4.58. The largest absolute Gasteiger partial charge is 0.494 e. The fourth-order valence-electron chi connectivity index (χ4n) is 1.07. The van der Waals surface area contributed by atoms with Crippen LogP contribution in [0.5, 0.6) is 5.75 Å². The molecule has 0 saturated heterocycles. The first-order chi connectivity index (χ1) is 6.86. The maximum absolute atomic E-state index is 13.1. The monoisotopic (exact) mass is 223 g/mol. The van der Waals surface area contributed by atoms with Crippen LogP contribution in [0.3, 0.4) is 0 Å². The molecule has 0 radical (unpaired) electrons. The van der Waals surface area contributed by atoms with Gasteiger partial charge in [0.25, 0.3) is 0 Å². The van der Waals surface area contributed by atoms with Gasteiger partial charge in [0.2, 0.25) is 0 Å². The highest BCUT2D eigenvalue weighted by molar-refractivity contribution is 5.31. The second-order valence-electron chi connectivity index (χ2n) is 2.91. The van der Waals surface area contributed by atoms with Gasteiger partial charge < -0.3 is 10.5 Å². The number of rotatable bonds is 2. The second kappa shape index (κ2) is 4.06. The summed E-state index contributed by atoms with van der Waals surface area (Å²) in [5.41, 5.74) is 4.57. The fourth-order valence-corrected chi connectivity index (χ4v) is 1.07. The van der Waals surface area contributed by atoms with E-state index in [9.17, 15) is 17.6 Å². The zero-order valence-corrected chi connectivity index (χ0v) is 7.81. The zero-order chi connectivity index (χ0) is 11.6. The van der Waals surface area contributed by atoms with E-state index in [0.717, 1.165) is 18.2 Å². The van der Waals surface area contributed by atoms with Gasteiger partial charge in [0, 0.05) is 0 Å². The van der Waals surface area contributed by atoms with Crippen molar-refractivity contribution in [3.63, 3.8) is 0 Å². The molecule has 1 rings (SSSR count). The van der Waals surface area contributed by atoms with Gasteiger partial charge in [-0.1, -0.05) is 6.07 Å². The Bertz CT molecular complexity index is 350. The lowest BCUT2D eigenvalue weighted by Gasteiger charge is -2.16. The van der Waals surface area contributed by atoms with Crippen molar-refractivity contribution in [3.8, 4) is 5.75 Å². The Labute approximate surface area is 83.6 Å². The lowest BCUT2D eigenvalue weighted by molar-refractivity contribution is -0.149. The Morgan fingerprint density at radius 2 is 1.93 bits per heavy atom. The molecule has 1 atom stereocenters. The van der Waals surface area contributed by atoms with Crippen LogP contribution in [0.4, 0.5) is 17.6 Å². The summed E-state index contributed by atoms with van der Waals surface area (Å²) in [6.45, 7) is 0. The number of benzene rings is 1. The predicted molar refractivity (Wildman–Crippen MR) is 45.9 cm³/mol. The molecule has 2 nitrogen and oxygen atoms in total. The highest BCUT2D eigenvalue weighted by Gasteiger charge is 2.38. The Morgan fingerprint density at radius 1 is 1.33 bits per heavy atom. The van der Waals surface area contributed by atoms with Crippen LogP contribution in [-0.4, -0.2) is 13.3 Å². The number of methoxy groups -OCH3 is 1. The molecule has 84 valence electrons. The Balaban J connectivity index is 3.02. The van der Waals surface area contributed by atoms with Gasteiger partial charge in [0.1, 0.15) is 6.04 Å². The van der Waals surface area contributed by atoms with Crippen LogP contribution in [0, 0.1) is 5.82 Å². The van der Waals surface area contributed by atoms with Gasteiger partial charge in [-0.05, 0) is 17.7 Å². The van der Waals surface area contributed by atoms with Gasteiger partial charge in [0.15, 0.2) is 11.6 Å². The molecule has 15 heavy (non-hydrogen) atoms. The number of nitrogens with two attached hydrogens (primary N) is 1. The van der Waals surface area contributed by atoms with E-state index in [1.165, 1.54) is 7.11 Å². The minimum absolute atomic E-state index is 0.117. The average molecular weight is 223 g/mol. The molecule has 0 aromatic heterocycles. The first-order valence-corrected chi connectivity index (χ1v) is 4.02. The summed E-state index contributed by atoms with van der Waals surface area (Å²) in [7, 11) is 1.22. The van der Waals surface area contributed by atoms with Crippen LogP contribution in [0.25, 0.3) is 0 Å². The molecule has 0 saturated carbocycles. The molecule has 0 fully saturated rings. The lowest BCUT2D eigenvalue weighted by Crippen LogP contribution is -2.28. The van der Waals surface area contributed by atoms with E-state index in [0.29, 0.717) is 0 Å². The van der Waals surface area contributed by atoms with Gasteiger partial charge >= 0.3 is 6.18 Å². The SMILES string of the molecule is COc1ccc(C(N)C(F)(F)F)cc1F. The maximum atomic E-state index is 13.1. The van der Waals surface area contributed by atoms with Gasteiger partial charge in [-0.2, -0.15) is 13.2 Å². The number of ether oxygens (including phenoxy) is 1. The van der Waals surface area contributed by atoms with E-state index in [1.807, 2.05) is 0 Å². The quantitative estimate of drug-likeness (QED) is 0.781. The second-order valence-corrected chi connectivity index (χ2v) is 2.91. The third-order valence-corrected chi connectivity index (χ3v) is 1.89.